The maximum Gasteiger partial charge on any atom is 0.377 e. The number of carbonyl (C=O) groups excluding carboxylic acids is 1. The van der Waals surface area contributed by atoms with Crippen molar-refractivity contribution in [2.45, 2.75) is 13.8 Å². The van der Waals surface area contributed by atoms with E-state index in [1.165, 1.54) is 0 Å². The fourth-order valence-electron chi connectivity index (χ4n) is 1.11. The molecule has 4 heteroatoms. The average Bonchev–Trinajstić information content (AvgIpc) is 2.30. The van der Waals surface area contributed by atoms with Crippen molar-refractivity contribution >= 4 is 11.8 Å². The molecule has 1 heterocycles. The van der Waals surface area contributed by atoms with E-state index < -0.39 is 11.8 Å². The summed E-state index contributed by atoms with van der Waals surface area (Å²) in [6.45, 7) is 3.36. The van der Waals surface area contributed by atoms with Gasteiger partial charge in [0.25, 0.3) is 5.78 Å². The molecule has 0 saturated heterocycles. The third kappa shape index (κ3) is 1.23. The predicted molar refractivity (Wildman–Crippen MR) is 42.2 cm³/mol. The highest BCUT2D eigenvalue weighted by atomic mass is 16.4. The molecule has 12 heavy (non-hydrogen) atoms. The van der Waals surface area contributed by atoms with Gasteiger partial charge < -0.3 is 10.1 Å². The highest BCUT2D eigenvalue weighted by Gasteiger charge is 2.19. The third-order valence-corrected chi connectivity index (χ3v) is 1.70. The monoisotopic (exact) mass is 167 g/mol. The molecule has 2 N–H and O–H groups in total. The van der Waals surface area contributed by atoms with Gasteiger partial charge in [0, 0.05) is 11.9 Å². The number of hydrogen-bond acceptors (Lipinski definition) is 2. The topological polar surface area (TPSA) is 70.2 Å². The summed E-state index contributed by atoms with van der Waals surface area (Å²) in [4.78, 5) is 24.2. The molecule has 1 aromatic rings. The Balaban J connectivity index is 3.18. The van der Waals surface area contributed by atoms with Gasteiger partial charge in [-0.2, -0.15) is 0 Å². The fraction of sp³-hybridized carbons (Fsp3) is 0.250. The van der Waals surface area contributed by atoms with Crippen LogP contribution in [0.4, 0.5) is 0 Å². The summed E-state index contributed by atoms with van der Waals surface area (Å²) in [7, 11) is 0. The molecule has 4 nitrogen and oxygen atoms in total. The van der Waals surface area contributed by atoms with Crippen LogP contribution in [0.1, 0.15) is 21.6 Å². The minimum atomic E-state index is -1.42. The SMILES string of the molecule is Cc1c[nH]c(C)c1C(=O)C(=O)O. The van der Waals surface area contributed by atoms with Gasteiger partial charge in [-0.1, -0.05) is 0 Å². The van der Waals surface area contributed by atoms with Crippen molar-refractivity contribution in [2.24, 2.45) is 0 Å². The number of aliphatic carboxylic acids is 1. The highest BCUT2D eigenvalue weighted by molar-refractivity contribution is 6.40. The molecule has 1 rings (SSSR count). The first-order chi connectivity index (χ1) is 5.54. The molecule has 0 fully saturated rings. The number of carboxylic acid groups (broad SMARTS) is 1. The second-order valence-corrected chi connectivity index (χ2v) is 2.61. The Morgan fingerprint density at radius 2 is 2.00 bits per heavy atom. The molecule has 0 atom stereocenters. The Bertz CT molecular complexity index is 319. The summed E-state index contributed by atoms with van der Waals surface area (Å²) < 4.78 is 0. The smallest absolute Gasteiger partial charge is 0.377 e. The van der Waals surface area contributed by atoms with Crippen molar-refractivity contribution in [3.63, 3.8) is 0 Å². The zero-order chi connectivity index (χ0) is 9.30. The number of rotatable bonds is 2. The second-order valence-electron chi connectivity index (χ2n) is 2.61. The largest absolute Gasteiger partial charge is 0.475 e. The van der Waals surface area contributed by atoms with E-state index in [4.69, 9.17) is 5.11 Å². The van der Waals surface area contributed by atoms with E-state index in [1.54, 1.807) is 20.0 Å². The first-order valence-electron chi connectivity index (χ1n) is 3.46. The van der Waals surface area contributed by atoms with Crippen LogP contribution in [0.15, 0.2) is 6.20 Å². The highest BCUT2D eigenvalue weighted by Crippen LogP contribution is 2.12. The van der Waals surface area contributed by atoms with Gasteiger partial charge in [0.2, 0.25) is 0 Å². The van der Waals surface area contributed by atoms with Crippen LogP contribution in [0.25, 0.3) is 0 Å². The molecule has 0 spiro atoms. The van der Waals surface area contributed by atoms with Crippen LogP contribution in [0, 0.1) is 13.8 Å². The molecule has 0 aromatic carbocycles. The Morgan fingerprint density at radius 3 is 2.33 bits per heavy atom. The molecule has 1 aromatic heterocycles. The van der Waals surface area contributed by atoms with Crippen molar-refractivity contribution in [3.8, 4) is 0 Å². The van der Waals surface area contributed by atoms with Crippen LogP contribution in [0.2, 0.25) is 0 Å². The van der Waals surface area contributed by atoms with Gasteiger partial charge in [0.05, 0.1) is 5.56 Å². The van der Waals surface area contributed by atoms with Gasteiger partial charge in [0.1, 0.15) is 0 Å². The number of hydrogen-bond donors (Lipinski definition) is 2. The lowest BCUT2D eigenvalue weighted by atomic mass is 10.1. The molecule has 0 amide bonds. The molecular formula is C8H9NO3. The van der Waals surface area contributed by atoms with Crippen LogP contribution in [0.3, 0.4) is 0 Å². The van der Waals surface area contributed by atoms with Crippen LogP contribution in [-0.4, -0.2) is 21.8 Å². The molecule has 0 aliphatic rings. The average molecular weight is 167 g/mol. The maximum absolute atomic E-state index is 11.0. The van der Waals surface area contributed by atoms with Crippen molar-refractivity contribution in [3.05, 3.63) is 23.0 Å². The van der Waals surface area contributed by atoms with Crippen molar-refractivity contribution < 1.29 is 14.7 Å². The number of H-pyrrole nitrogens is 1. The molecule has 0 bridgehead atoms. The Kier molecular flexibility index (Phi) is 1.99. The first kappa shape index (κ1) is 8.52. The number of aryl methyl sites for hydroxylation is 2. The van der Waals surface area contributed by atoms with Crippen LogP contribution in [0.5, 0.6) is 0 Å². The lowest BCUT2D eigenvalue weighted by molar-refractivity contribution is -0.131. The quantitative estimate of drug-likeness (QED) is 0.507. The Labute approximate surface area is 69.2 Å². The van der Waals surface area contributed by atoms with E-state index in [2.05, 4.69) is 4.98 Å². The summed E-state index contributed by atoms with van der Waals surface area (Å²) in [6, 6.07) is 0. The minimum absolute atomic E-state index is 0.266. The number of carbonyl (C=O) groups is 2. The molecule has 64 valence electrons. The van der Waals surface area contributed by atoms with E-state index in [-0.39, 0.29) is 5.56 Å². The van der Waals surface area contributed by atoms with Gasteiger partial charge in [-0.25, -0.2) is 4.79 Å². The standard InChI is InChI=1S/C8H9NO3/c1-4-3-9-5(2)6(4)7(10)8(11)12/h3,9H,1-2H3,(H,11,12). The van der Waals surface area contributed by atoms with Gasteiger partial charge in [-0.3, -0.25) is 4.79 Å². The van der Waals surface area contributed by atoms with Crippen molar-refractivity contribution in [1.29, 1.82) is 0 Å². The van der Waals surface area contributed by atoms with E-state index in [1.807, 2.05) is 0 Å². The summed E-state index contributed by atoms with van der Waals surface area (Å²) >= 11 is 0. The second kappa shape index (κ2) is 2.81. The lowest BCUT2D eigenvalue weighted by Gasteiger charge is -1.94. The van der Waals surface area contributed by atoms with Crippen LogP contribution in [-0.2, 0) is 4.79 Å². The summed E-state index contributed by atoms with van der Waals surface area (Å²) in [5, 5.41) is 8.44. The summed E-state index contributed by atoms with van der Waals surface area (Å²) in [5.41, 5.74) is 1.53. The van der Waals surface area contributed by atoms with E-state index in [0.717, 1.165) is 0 Å². The fourth-order valence-corrected chi connectivity index (χ4v) is 1.11. The van der Waals surface area contributed by atoms with Crippen molar-refractivity contribution in [2.75, 3.05) is 0 Å². The van der Waals surface area contributed by atoms with Gasteiger partial charge in [0.15, 0.2) is 0 Å². The number of aromatic nitrogens is 1. The van der Waals surface area contributed by atoms with Gasteiger partial charge in [-0.05, 0) is 19.4 Å². The Morgan fingerprint density at radius 1 is 1.42 bits per heavy atom. The number of ketones is 1. The molecular weight excluding hydrogens is 158 g/mol. The van der Waals surface area contributed by atoms with Gasteiger partial charge >= 0.3 is 5.97 Å². The Hall–Kier alpha value is -1.58. The molecule has 0 aliphatic carbocycles. The zero-order valence-corrected chi connectivity index (χ0v) is 6.84. The molecule has 0 aliphatic heterocycles. The zero-order valence-electron chi connectivity index (χ0n) is 6.84. The van der Waals surface area contributed by atoms with Crippen LogP contribution < -0.4 is 0 Å². The van der Waals surface area contributed by atoms with E-state index in [0.29, 0.717) is 11.3 Å². The maximum atomic E-state index is 11.0. The lowest BCUT2D eigenvalue weighted by Crippen LogP contribution is -2.14. The first-order valence-corrected chi connectivity index (χ1v) is 3.46. The molecule has 0 radical (unpaired) electrons. The third-order valence-electron chi connectivity index (χ3n) is 1.70. The number of nitrogens with one attached hydrogen (secondary N) is 1. The minimum Gasteiger partial charge on any atom is -0.475 e. The summed E-state index contributed by atoms with van der Waals surface area (Å²) in [6.07, 6.45) is 1.62. The normalized spacial score (nSPS) is 9.83. The van der Waals surface area contributed by atoms with E-state index >= 15 is 0 Å². The molecule has 0 saturated carbocycles. The van der Waals surface area contributed by atoms with Gasteiger partial charge in [-0.15, -0.1) is 0 Å². The van der Waals surface area contributed by atoms with Crippen molar-refractivity contribution in [1.82, 2.24) is 4.98 Å². The van der Waals surface area contributed by atoms with E-state index in [9.17, 15) is 9.59 Å². The predicted octanol–water partition coefficient (Wildman–Crippen LogP) is 0.899. The molecule has 0 unspecified atom stereocenters. The van der Waals surface area contributed by atoms with Crippen LogP contribution >= 0.6 is 0 Å². The number of Topliss-reactive ketones (excluding diaryl/α,β-unsaturated/α-hetero) is 1. The number of carboxylic acids is 1. The summed E-state index contributed by atoms with van der Waals surface area (Å²) in [5.74, 6) is -2.27. The number of aromatic amines is 1.